The predicted octanol–water partition coefficient (Wildman–Crippen LogP) is 3.13. The van der Waals surface area contributed by atoms with E-state index >= 15 is 0 Å². The van der Waals surface area contributed by atoms with Crippen molar-refractivity contribution in [1.29, 1.82) is 0 Å². The summed E-state index contributed by atoms with van der Waals surface area (Å²) >= 11 is 1.13. The first kappa shape index (κ1) is 11.4. The average molecular weight is 275 g/mol. The van der Waals surface area contributed by atoms with Crippen molar-refractivity contribution in [3.05, 3.63) is 54.2 Å². The van der Waals surface area contributed by atoms with Crippen molar-refractivity contribution in [1.82, 2.24) is 4.98 Å². The van der Waals surface area contributed by atoms with Gasteiger partial charge >= 0.3 is 0 Å². The fourth-order valence-electron chi connectivity index (χ4n) is 1.79. The molecule has 0 saturated carbocycles. The second-order valence-corrected chi connectivity index (χ2v) is 6.90. The highest BCUT2D eigenvalue weighted by atomic mass is 32.2. The van der Waals surface area contributed by atoms with E-state index in [1.807, 2.05) is 30.3 Å². The minimum Gasteiger partial charge on any atom is -0.252 e. The molecule has 90 valence electrons. The average Bonchev–Trinajstić information content (AvgIpc) is 2.92. The van der Waals surface area contributed by atoms with Crippen LogP contribution in [0.1, 0.15) is 0 Å². The topological polar surface area (TPSA) is 47.0 Å². The Morgan fingerprint density at radius 3 is 2.50 bits per heavy atom. The summed E-state index contributed by atoms with van der Waals surface area (Å²) < 4.78 is 24.9. The number of aromatic nitrogens is 1. The van der Waals surface area contributed by atoms with Crippen LogP contribution in [0.2, 0.25) is 0 Å². The SMILES string of the molecule is O=S(=O)(c1ccc2ccccc2c1)c1cncs1. The highest BCUT2D eigenvalue weighted by molar-refractivity contribution is 7.93. The highest BCUT2D eigenvalue weighted by Gasteiger charge is 2.19. The van der Waals surface area contributed by atoms with E-state index in [1.54, 1.807) is 12.1 Å². The molecule has 5 heteroatoms. The molecule has 3 aromatic rings. The van der Waals surface area contributed by atoms with E-state index in [9.17, 15) is 8.42 Å². The van der Waals surface area contributed by atoms with Crippen LogP contribution in [0, 0.1) is 0 Å². The number of hydrogen-bond donors (Lipinski definition) is 0. The van der Waals surface area contributed by atoms with E-state index in [4.69, 9.17) is 0 Å². The van der Waals surface area contributed by atoms with Crippen molar-refractivity contribution < 1.29 is 8.42 Å². The van der Waals surface area contributed by atoms with Gasteiger partial charge in [0.1, 0.15) is 4.21 Å². The summed E-state index contributed by atoms with van der Waals surface area (Å²) in [5.41, 5.74) is 1.52. The number of sulfone groups is 1. The first-order valence-electron chi connectivity index (χ1n) is 5.30. The molecule has 0 amide bonds. The van der Waals surface area contributed by atoms with Gasteiger partial charge in [-0.05, 0) is 22.9 Å². The van der Waals surface area contributed by atoms with Crippen LogP contribution >= 0.6 is 11.3 Å². The highest BCUT2D eigenvalue weighted by Crippen LogP contribution is 2.26. The van der Waals surface area contributed by atoms with Gasteiger partial charge in [-0.3, -0.25) is 4.98 Å². The molecule has 0 aliphatic heterocycles. The zero-order valence-electron chi connectivity index (χ0n) is 9.28. The van der Waals surface area contributed by atoms with Gasteiger partial charge in [0, 0.05) is 0 Å². The fraction of sp³-hybridized carbons (Fsp3) is 0. The number of thiazole rings is 1. The standard InChI is InChI=1S/C13H9NO2S2/c15-18(16,13-8-14-9-17-13)12-6-5-10-3-1-2-4-11(10)7-12/h1-9H. The third-order valence-corrected chi connectivity index (χ3v) is 5.73. The van der Waals surface area contributed by atoms with Gasteiger partial charge in [0.05, 0.1) is 16.6 Å². The van der Waals surface area contributed by atoms with Crippen LogP contribution in [0.3, 0.4) is 0 Å². The summed E-state index contributed by atoms with van der Waals surface area (Å²) in [4.78, 5) is 4.13. The van der Waals surface area contributed by atoms with Crippen molar-refractivity contribution in [3.8, 4) is 0 Å². The maximum atomic E-state index is 12.3. The van der Waals surface area contributed by atoms with Gasteiger partial charge in [-0.1, -0.05) is 30.3 Å². The van der Waals surface area contributed by atoms with Crippen molar-refractivity contribution in [3.63, 3.8) is 0 Å². The Hall–Kier alpha value is -1.72. The van der Waals surface area contributed by atoms with Gasteiger partial charge in [-0.2, -0.15) is 0 Å². The monoisotopic (exact) mass is 275 g/mol. The van der Waals surface area contributed by atoms with Crippen LogP contribution in [0.5, 0.6) is 0 Å². The Kier molecular flexibility index (Phi) is 2.65. The normalized spacial score (nSPS) is 11.8. The molecule has 3 nitrogen and oxygen atoms in total. The third-order valence-electron chi connectivity index (χ3n) is 2.71. The van der Waals surface area contributed by atoms with Gasteiger partial charge in [0.15, 0.2) is 0 Å². The number of fused-ring (bicyclic) bond motifs is 1. The molecular weight excluding hydrogens is 266 g/mol. The lowest BCUT2D eigenvalue weighted by Crippen LogP contribution is -1.99. The molecule has 18 heavy (non-hydrogen) atoms. The Labute approximate surface area is 109 Å². The van der Waals surface area contributed by atoms with Crippen LogP contribution in [0.25, 0.3) is 10.8 Å². The smallest absolute Gasteiger partial charge is 0.217 e. The van der Waals surface area contributed by atoms with Crippen molar-refractivity contribution in [2.45, 2.75) is 9.10 Å². The molecular formula is C13H9NO2S2. The minimum absolute atomic E-state index is 0.276. The van der Waals surface area contributed by atoms with Crippen molar-refractivity contribution in [2.75, 3.05) is 0 Å². The minimum atomic E-state index is -3.43. The molecule has 1 aromatic heterocycles. The van der Waals surface area contributed by atoms with E-state index < -0.39 is 9.84 Å². The second-order valence-electron chi connectivity index (χ2n) is 3.83. The van der Waals surface area contributed by atoms with Gasteiger partial charge in [-0.15, -0.1) is 11.3 Å². The zero-order chi connectivity index (χ0) is 12.6. The van der Waals surface area contributed by atoms with E-state index in [-0.39, 0.29) is 4.21 Å². The number of hydrogen-bond acceptors (Lipinski definition) is 4. The van der Waals surface area contributed by atoms with Crippen LogP contribution in [0.15, 0.2) is 63.3 Å². The van der Waals surface area contributed by atoms with Gasteiger partial charge in [0.25, 0.3) is 0 Å². The summed E-state index contributed by atoms with van der Waals surface area (Å²) in [7, 11) is -3.43. The molecule has 0 unspecified atom stereocenters. The Bertz CT molecular complexity index is 793. The quantitative estimate of drug-likeness (QED) is 0.722. The lowest BCUT2D eigenvalue weighted by atomic mass is 10.1. The maximum absolute atomic E-state index is 12.3. The summed E-state index contributed by atoms with van der Waals surface area (Å²) in [6, 6.07) is 12.8. The molecule has 0 atom stereocenters. The number of benzene rings is 2. The summed E-state index contributed by atoms with van der Waals surface area (Å²) in [6.07, 6.45) is 1.38. The third kappa shape index (κ3) is 1.81. The molecule has 2 aromatic carbocycles. The van der Waals surface area contributed by atoms with E-state index in [0.29, 0.717) is 4.90 Å². The Balaban J connectivity index is 2.21. The molecule has 0 bridgehead atoms. The molecule has 0 radical (unpaired) electrons. The Morgan fingerprint density at radius 1 is 1.00 bits per heavy atom. The zero-order valence-corrected chi connectivity index (χ0v) is 10.9. The van der Waals surface area contributed by atoms with Crippen LogP contribution in [0.4, 0.5) is 0 Å². The van der Waals surface area contributed by atoms with Crippen molar-refractivity contribution in [2.24, 2.45) is 0 Å². The Morgan fingerprint density at radius 2 is 1.78 bits per heavy atom. The largest absolute Gasteiger partial charge is 0.252 e. The van der Waals surface area contributed by atoms with Crippen LogP contribution in [-0.4, -0.2) is 13.4 Å². The van der Waals surface area contributed by atoms with Crippen molar-refractivity contribution >= 4 is 31.9 Å². The van der Waals surface area contributed by atoms with Gasteiger partial charge in [-0.25, -0.2) is 8.42 Å². The van der Waals surface area contributed by atoms with Crippen LogP contribution in [-0.2, 0) is 9.84 Å². The van der Waals surface area contributed by atoms with E-state index in [0.717, 1.165) is 22.1 Å². The fourth-order valence-corrected chi connectivity index (χ4v) is 4.02. The maximum Gasteiger partial charge on any atom is 0.217 e. The second kappa shape index (κ2) is 4.19. The lowest BCUT2D eigenvalue weighted by Gasteiger charge is -2.03. The summed E-state index contributed by atoms with van der Waals surface area (Å²) in [5, 5.41) is 1.95. The van der Waals surface area contributed by atoms with Crippen LogP contribution < -0.4 is 0 Å². The molecule has 0 saturated heterocycles. The van der Waals surface area contributed by atoms with E-state index in [2.05, 4.69) is 4.98 Å². The molecule has 0 spiro atoms. The number of nitrogens with zero attached hydrogens (tertiary/aromatic N) is 1. The molecule has 3 rings (SSSR count). The van der Waals surface area contributed by atoms with Gasteiger partial charge in [0.2, 0.25) is 9.84 Å². The summed E-state index contributed by atoms with van der Waals surface area (Å²) in [6.45, 7) is 0. The molecule has 0 aliphatic rings. The molecule has 1 heterocycles. The number of rotatable bonds is 2. The first-order chi connectivity index (χ1) is 8.68. The lowest BCUT2D eigenvalue weighted by molar-refractivity contribution is 0.598. The van der Waals surface area contributed by atoms with Gasteiger partial charge < -0.3 is 0 Å². The molecule has 0 aliphatic carbocycles. The van der Waals surface area contributed by atoms with E-state index in [1.165, 1.54) is 11.7 Å². The molecule has 0 fully saturated rings. The predicted molar refractivity (Wildman–Crippen MR) is 71.5 cm³/mol. The summed E-state index contributed by atoms with van der Waals surface area (Å²) in [5.74, 6) is 0. The first-order valence-corrected chi connectivity index (χ1v) is 7.66. The molecule has 0 N–H and O–H groups in total.